The summed E-state index contributed by atoms with van der Waals surface area (Å²) in [6.07, 6.45) is 4.94. The number of pyridine rings is 1. The van der Waals surface area contributed by atoms with Crippen LogP contribution in [-0.4, -0.2) is 22.7 Å². The number of carbonyl (C=O) groups is 2. The maximum Gasteiger partial charge on any atom is 0.332 e. The maximum absolute atomic E-state index is 10.9. The SMILES string of the molecule is NC(=O)N/N=C1/CCCC[C@@H]1c1cc(C(=O)[O-])ccn1. The van der Waals surface area contributed by atoms with E-state index in [2.05, 4.69) is 15.5 Å². The Hall–Kier alpha value is -2.44. The van der Waals surface area contributed by atoms with Crippen LogP contribution >= 0.6 is 0 Å². The number of nitrogens with one attached hydrogen (secondary N) is 1. The fourth-order valence-corrected chi connectivity index (χ4v) is 2.34. The molecule has 106 valence electrons. The van der Waals surface area contributed by atoms with E-state index in [1.807, 2.05) is 0 Å². The van der Waals surface area contributed by atoms with Crippen molar-refractivity contribution in [2.24, 2.45) is 10.8 Å². The van der Waals surface area contributed by atoms with Gasteiger partial charge in [0.05, 0.1) is 5.97 Å². The third kappa shape index (κ3) is 3.31. The standard InChI is InChI=1S/C13H16N4O3/c14-13(20)17-16-10-4-2-1-3-9(10)11-7-8(12(18)19)5-6-15-11/h5-7,9H,1-4H2,(H,18,19)(H3,14,17,20)/p-1/b16-10-/t9-/m0/s1. The predicted octanol–water partition coefficient (Wildman–Crippen LogP) is 0.127. The molecule has 0 bridgehead atoms. The van der Waals surface area contributed by atoms with Crippen molar-refractivity contribution in [3.63, 3.8) is 0 Å². The minimum atomic E-state index is -1.24. The van der Waals surface area contributed by atoms with E-state index in [9.17, 15) is 14.7 Å². The second-order valence-corrected chi connectivity index (χ2v) is 4.63. The van der Waals surface area contributed by atoms with Crippen LogP contribution in [0.15, 0.2) is 23.4 Å². The fourth-order valence-electron chi connectivity index (χ4n) is 2.34. The molecule has 0 aromatic carbocycles. The lowest BCUT2D eigenvalue weighted by Gasteiger charge is -2.23. The summed E-state index contributed by atoms with van der Waals surface area (Å²) in [5.41, 5.74) is 8.69. The molecule has 1 aromatic rings. The Labute approximate surface area is 115 Å². The van der Waals surface area contributed by atoms with E-state index in [0.29, 0.717) is 5.69 Å². The number of nitrogens with zero attached hydrogens (tertiary/aromatic N) is 2. The summed E-state index contributed by atoms with van der Waals surface area (Å²) in [5, 5.41) is 14.9. The van der Waals surface area contributed by atoms with Crippen molar-refractivity contribution < 1.29 is 14.7 Å². The highest BCUT2D eigenvalue weighted by Gasteiger charge is 2.24. The molecular formula is C13H15N4O3-. The topological polar surface area (TPSA) is 121 Å². The second-order valence-electron chi connectivity index (χ2n) is 4.63. The van der Waals surface area contributed by atoms with E-state index in [1.165, 1.54) is 18.3 Å². The van der Waals surface area contributed by atoms with Gasteiger partial charge in [0.2, 0.25) is 0 Å². The normalized spacial score (nSPS) is 20.6. The van der Waals surface area contributed by atoms with Gasteiger partial charge in [-0.3, -0.25) is 4.98 Å². The Bertz CT molecular complexity index is 556. The molecular weight excluding hydrogens is 260 g/mol. The minimum Gasteiger partial charge on any atom is -0.545 e. The average molecular weight is 275 g/mol. The molecule has 0 radical (unpaired) electrons. The van der Waals surface area contributed by atoms with Crippen LogP contribution < -0.4 is 16.3 Å². The Morgan fingerprint density at radius 3 is 2.95 bits per heavy atom. The van der Waals surface area contributed by atoms with E-state index in [0.717, 1.165) is 31.4 Å². The molecule has 0 aliphatic heterocycles. The molecule has 1 fully saturated rings. The quantitative estimate of drug-likeness (QED) is 0.761. The van der Waals surface area contributed by atoms with Gasteiger partial charge in [-0.15, -0.1) is 0 Å². The van der Waals surface area contributed by atoms with Gasteiger partial charge in [-0.05, 0) is 31.4 Å². The van der Waals surface area contributed by atoms with Crippen LogP contribution in [0, 0.1) is 0 Å². The lowest BCUT2D eigenvalue weighted by atomic mass is 9.84. The van der Waals surface area contributed by atoms with Crippen molar-refractivity contribution in [2.75, 3.05) is 0 Å². The van der Waals surface area contributed by atoms with E-state index in [1.54, 1.807) is 0 Å². The molecule has 3 N–H and O–H groups in total. The average Bonchev–Trinajstić information content (AvgIpc) is 2.45. The molecule has 20 heavy (non-hydrogen) atoms. The monoisotopic (exact) mass is 275 g/mol. The summed E-state index contributed by atoms with van der Waals surface area (Å²) < 4.78 is 0. The van der Waals surface area contributed by atoms with Gasteiger partial charge >= 0.3 is 6.03 Å². The summed E-state index contributed by atoms with van der Waals surface area (Å²) in [4.78, 5) is 25.8. The zero-order valence-electron chi connectivity index (χ0n) is 10.8. The summed E-state index contributed by atoms with van der Waals surface area (Å²) in [7, 11) is 0. The van der Waals surface area contributed by atoms with E-state index < -0.39 is 12.0 Å². The Morgan fingerprint density at radius 2 is 2.25 bits per heavy atom. The minimum absolute atomic E-state index is 0.0859. The summed E-state index contributed by atoms with van der Waals surface area (Å²) >= 11 is 0. The molecule has 2 rings (SSSR count). The number of aromatic nitrogens is 1. The zero-order chi connectivity index (χ0) is 14.5. The van der Waals surface area contributed by atoms with Crippen molar-refractivity contribution >= 4 is 17.7 Å². The van der Waals surface area contributed by atoms with E-state index >= 15 is 0 Å². The van der Waals surface area contributed by atoms with Gasteiger partial charge in [-0.1, -0.05) is 6.42 Å². The molecule has 0 saturated heterocycles. The van der Waals surface area contributed by atoms with Crippen LogP contribution in [0.5, 0.6) is 0 Å². The number of nitrogens with two attached hydrogens (primary N) is 1. The van der Waals surface area contributed by atoms with Gasteiger partial charge in [0.1, 0.15) is 0 Å². The molecule has 2 amide bonds. The first-order chi connectivity index (χ1) is 9.58. The first-order valence-electron chi connectivity index (χ1n) is 6.37. The zero-order valence-corrected chi connectivity index (χ0v) is 10.8. The highest BCUT2D eigenvalue weighted by Crippen LogP contribution is 2.29. The number of amides is 2. The number of carboxylic acid groups (broad SMARTS) is 1. The van der Waals surface area contributed by atoms with Crippen LogP contribution in [0.1, 0.15) is 47.7 Å². The third-order valence-corrected chi connectivity index (χ3v) is 3.26. The van der Waals surface area contributed by atoms with Gasteiger partial charge in [0.15, 0.2) is 0 Å². The maximum atomic E-state index is 10.9. The van der Waals surface area contributed by atoms with Crippen LogP contribution in [0.25, 0.3) is 0 Å². The summed E-state index contributed by atoms with van der Waals surface area (Å²) in [5.74, 6) is -1.34. The van der Waals surface area contributed by atoms with E-state index in [-0.39, 0.29) is 11.5 Å². The van der Waals surface area contributed by atoms with Gasteiger partial charge in [-0.25, -0.2) is 10.2 Å². The van der Waals surface area contributed by atoms with Crippen molar-refractivity contribution in [1.29, 1.82) is 0 Å². The Kier molecular flexibility index (Phi) is 4.29. The highest BCUT2D eigenvalue weighted by atomic mass is 16.4. The lowest BCUT2D eigenvalue weighted by Crippen LogP contribution is -2.29. The smallest absolute Gasteiger partial charge is 0.332 e. The van der Waals surface area contributed by atoms with E-state index in [4.69, 9.17) is 5.73 Å². The molecule has 1 atom stereocenters. The molecule has 7 heteroatoms. The number of carbonyl (C=O) groups excluding carboxylic acids is 2. The largest absolute Gasteiger partial charge is 0.545 e. The number of carboxylic acids is 1. The highest BCUT2D eigenvalue weighted by molar-refractivity contribution is 5.93. The van der Waals surface area contributed by atoms with Gasteiger partial charge in [0, 0.05) is 29.1 Å². The fraction of sp³-hybridized carbons (Fsp3) is 0.385. The third-order valence-electron chi connectivity index (χ3n) is 3.26. The molecule has 1 saturated carbocycles. The molecule has 0 unspecified atom stereocenters. The van der Waals surface area contributed by atoms with Crippen molar-refractivity contribution in [3.8, 4) is 0 Å². The summed E-state index contributed by atoms with van der Waals surface area (Å²) in [6.45, 7) is 0. The number of hydrazone groups is 1. The van der Waals surface area contributed by atoms with Crippen LogP contribution in [0.4, 0.5) is 4.79 Å². The Morgan fingerprint density at radius 1 is 1.45 bits per heavy atom. The van der Waals surface area contributed by atoms with Crippen LogP contribution in [-0.2, 0) is 0 Å². The molecule has 1 heterocycles. The van der Waals surface area contributed by atoms with Crippen LogP contribution in [0.3, 0.4) is 0 Å². The van der Waals surface area contributed by atoms with Crippen LogP contribution in [0.2, 0.25) is 0 Å². The van der Waals surface area contributed by atoms with Gasteiger partial charge in [0.25, 0.3) is 0 Å². The number of rotatable bonds is 3. The molecule has 1 aliphatic rings. The molecule has 7 nitrogen and oxygen atoms in total. The number of aromatic carboxylic acids is 1. The number of hydrogen-bond donors (Lipinski definition) is 2. The van der Waals surface area contributed by atoms with Gasteiger partial charge < -0.3 is 15.6 Å². The van der Waals surface area contributed by atoms with Crippen molar-refractivity contribution in [1.82, 2.24) is 10.4 Å². The predicted molar refractivity (Wildman–Crippen MR) is 69.9 cm³/mol. The number of hydrogen-bond acceptors (Lipinski definition) is 5. The first kappa shape index (κ1) is 14.0. The number of primary amides is 1. The molecule has 1 aromatic heterocycles. The lowest BCUT2D eigenvalue weighted by molar-refractivity contribution is -0.255. The van der Waals surface area contributed by atoms with Crippen molar-refractivity contribution in [3.05, 3.63) is 29.6 Å². The molecule has 0 spiro atoms. The Balaban J connectivity index is 2.27. The second kappa shape index (κ2) is 6.14. The summed E-state index contributed by atoms with van der Waals surface area (Å²) in [6, 6.07) is 2.16. The molecule has 1 aliphatic carbocycles. The number of urea groups is 1. The van der Waals surface area contributed by atoms with Gasteiger partial charge in [-0.2, -0.15) is 5.10 Å². The first-order valence-corrected chi connectivity index (χ1v) is 6.37. The van der Waals surface area contributed by atoms with Crippen molar-refractivity contribution in [2.45, 2.75) is 31.6 Å².